The van der Waals surface area contributed by atoms with Crippen molar-refractivity contribution >= 4 is 5.97 Å². The number of nitriles is 1. The Morgan fingerprint density at radius 2 is 1.86 bits per heavy atom. The van der Waals surface area contributed by atoms with Crippen LogP contribution in [0.3, 0.4) is 0 Å². The number of esters is 1. The van der Waals surface area contributed by atoms with Crippen LogP contribution in [0.5, 0.6) is 28.9 Å². The Morgan fingerprint density at radius 1 is 1.19 bits per heavy atom. The summed E-state index contributed by atoms with van der Waals surface area (Å²) in [5.41, 5.74) is 9.00. The van der Waals surface area contributed by atoms with Gasteiger partial charge in [0.15, 0.2) is 11.5 Å². The molecule has 1 aliphatic heterocycles. The molecule has 0 spiro atoms. The van der Waals surface area contributed by atoms with E-state index in [0.29, 0.717) is 23.4 Å². The minimum atomic E-state index is -0.669. The van der Waals surface area contributed by atoms with Gasteiger partial charge in [-0.25, -0.2) is 0 Å². The first-order valence-electron chi connectivity index (χ1n) is 11.2. The van der Waals surface area contributed by atoms with E-state index in [2.05, 4.69) is 16.3 Å². The van der Waals surface area contributed by atoms with Gasteiger partial charge in [-0.2, -0.15) is 5.26 Å². The van der Waals surface area contributed by atoms with Gasteiger partial charge in [0, 0.05) is 12.5 Å². The molecule has 36 heavy (non-hydrogen) atoms. The highest BCUT2D eigenvalue weighted by atomic mass is 16.6. The highest BCUT2D eigenvalue weighted by Crippen LogP contribution is 2.49. The lowest BCUT2D eigenvalue weighted by atomic mass is 9.82. The Morgan fingerprint density at radius 3 is 2.42 bits per heavy atom. The van der Waals surface area contributed by atoms with Crippen LogP contribution in [-0.4, -0.2) is 37.0 Å². The number of carbonyl (C=O) groups is 1. The van der Waals surface area contributed by atoms with Crippen molar-refractivity contribution in [3.63, 3.8) is 0 Å². The Labute approximate surface area is 208 Å². The number of nitrogens with one attached hydrogen (secondary N) is 1. The highest BCUT2D eigenvalue weighted by molar-refractivity contribution is 5.74. The largest absolute Gasteiger partial charge is 0.494 e. The van der Waals surface area contributed by atoms with Gasteiger partial charge in [0.25, 0.3) is 0 Å². The van der Waals surface area contributed by atoms with Gasteiger partial charge in [-0.1, -0.05) is 6.92 Å². The van der Waals surface area contributed by atoms with E-state index in [4.69, 9.17) is 29.4 Å². The lowest BCUT2D eigenvalue weighted by Crippen LogP contribution is -2.21. The summed E-state index contributed by atoms with van der Waals surface area (Å²) in [6.07, 6.45) is 0.905. The Bertz CT molecular complexity index is 1330. The molecular formula is C26H26N4O6. The molecule has 0 saturated carbocycles. The van der Waals surface area contributed by atoms with E-state index >= 15 is 0 Å². The molecule has 10 nitrogen and oxygen atoms in total. The van der Waals surface area contributed by atoms with Gasteiger partial charge >= 0.3 is 5.97 Å². The minimum Gasteiger partial charge on any atom is -0.494 e. The van der Waals surface area contributed by atoms with Gasteiger partial charge in [-0.15, -0.1) is 5.10 Å². The van der Waals surface area contributed by atoms with Crippen molar-refractivity contribution in [2.75, 3.05) is 20.8 Å². The molecule has 0 radical (unpaired) electrons. The van der Waals surface area contributed by atoms with E-state index < -0.39 is 11.9 Å². The molecule has 2 aromatic carbocycles. The molecule has 3 N–H and O–H groups in total. The number of hydrogen-bond acceptors (Lipinski definition) is 9. The Hall–Kier alpha value is -4.65. The monoisotopic (exact) mass is 490 g/mol. The SMILES string of the molecule is CCCOc1ccc(-c2[nH]nc3c2[C@@H](c2cc(OC)c(OC(C)=O)c(OC)c2)C(C#N)=C(N)O3)cc1. The minimum absolute atomic E-state index is 0.0571. The summed E-state index contributed by atoms with van der Waals surface area (Å²) >= 11 is 0. The number of fused-ring (bicyclic) bond motifs is 1. The fraction of sp³-hybridized carbons (Fsp3) is 0.269. The van der Waals surface area contributed by atoms with Crippen LogP contribution >= 0.6 is 0 Å². The second-order valence-electron chi connectivity index (χ2n) is 7.96. The molecule has 0 fully saturated rings. The van der Waals surface area contributed by atoms with Crippen molar-refractivity contribution in [1.29, 1.82) is 5.26 Å². The number of benzene rings is 2. The number of methoxy groups -OCH3 is 2. The number of nitrogens with zero attached hydrogens (tertiary/aromatic N) is 2. The first kappa shape index (κ1) is 24.5. The molecule has 0 unspecified atom stereocenters. The fourth-order valence-electron chi connectivity index (χ4n) is 4.05. The number of aromatic nitrogens is 2. The molecule has 0 saturated heterocycles. The normalized spacial score (nSPS) is 14.4. The zero-order chi connectivity index (χ0) is 25.8. The summed E-state index contributed by atoms with van der Waals surface area (Å²) in [7, 11) is 2.89. The van der Waals surface area contributed by atoms with Crippen LogP contribution in [0.25, 0.3) is 11.3 Å². The predicted octanol–water partition coefficient (Wildman–Crippen LogP) is 4.03. The van der Waals surface area contributed by atoms with Crippen LogP contribution in [0.15, 0.2) is 47.9 Å². The number of nitrogens with two attached hydrogens (primary N) is 1. The van der Waals surface area contributed by atoms with Crippen LogP contribution in [0, 0.1) is 11.3 Å². The van der Waals surface area contributed by atoms with Gasteiger partial charge < -0.3 is 29.4 Å². The van der Waals surface area contributed by atoms with Gasteiger partial charge in [0.2, 0.25) is 17.5 Å². The molecular weight excluding hydrogens is 464 g/mol. The summed E-state index contributed by atoms with van der Waals surface area (Å²) in [6, 6.07) is 13.0. The van der Waals surface area contributed by atoms with E-state index in [-0.39, 0.29) is 34.6 Å². The quantitative estimate of drug-likeness (QED) is 0.353. The van der Waals surface area contributed by atoms with Crippen molar-refractivity contribution in [2.45, 2.75) is 26.2 Å². The molecule has 0 amide bonds. The van der Waals surface area contributed by atoms with E-state index in [1.165, 1.54) is 21.1 Å². The maximum Gasteiger partial charge on any atom is 0.308 e. The maximum absolute atomic E-state index is 11.7. The number of aromatic amines is 1. The van der Waals surface area contributed by atoms with Crippen LogP contribution in [0.4, 0.5) is 0 Å². The van der Waals surface area contributed by atoms with Crippen molar-refractivity contribution in [1.82, 2.24) is 10.2 Å². The number of H-pyrrole nitrogens is 1. The first-order valence-corrected chi connectivity index (χ1v) is 11.2. The van der Waals surface area contributed by atoms with E-state index in [0.717, 1.165) is 17.7 Å². The zero-order valence-electron chi connectivity index (χ0n) is 20.4. The third kappa shape index (κ3) is 4.51. The Balaban J connectivity index is 1.87. The molecule has 0 bridgehead atoms. The summed E-state index contributed by atoms with van der Waals surface area (Å²) in [5, 5.41) is 17.3. The molecule has 10 heteroatoms. The van der Waals surface area contributed by atoms with E-state index in [1.54, 1.807) is 12.1 Å². The van der Waals surface area contributed by atoms with Gasteiger partial charge in [-0.3, -0.25) is 9.89 Å². The third-order valence-corrected chi connectivity index (χ3v) is 5.62. The first-order chi connectivity index (χ1) is 17.4. The van der Waals surface area contributed by atoms with Crippen molar-refractivity contribution in [2.24, 2.45) is 5.73 Å². The lowest BCUT2D eigenvalue weighted by Gasteiger charge is -2.25. The van der Waals surface area contributed by atoms with Crippen LogP contribution in [-0.2, 0) is 4.79 Å². The summed E-state index contributed by atoms with van der Waals surface area (Å²) < 4.78 is 27.7. The average Bonchev–Trinajstić information content (AvgIpc) is 3.29. The van der Waals surface area contributed by atoms with Gasteiger partial charge in [-0.05, 0) is 48.4 Å². The fourth-order valence-corrected chi connectivity index (χ4v) is 4.05. The molecule has 1 atom stereocenters. The van der Waals surface area contributed by atoms with Crippen molar-refractivity contribution in [3.8, 4) is 46.2 Å². The average molecular weight is 491 g/mol. The number of allylic oxidation sites excluding steroid dienone is 1. The van der Waals surface area contributed by atoms with E-state index in [9.17, 15) is 10.1 Å². The molecule has 1 aliphatic rings. The zero-order valence-corrected chi connectivity index (χ0v) is 20.4. The number of ether oxygens (including phenoxy) is 5. The maximum atomic E-state index is 11.7. The number of hydrogen-bond donors (Lipinski definition) is 2. The molecule has 1 aromatic heterocycles. The number of rotatable bonds is 8. The lowest BCUT2D eigenvalue weighted by molar-refractivity contribution is -0.132. The standard InChI is InChI=1S/C26H26N4O6/c1-5-10-34-17-8-6-15(7-9-17)23-22-21(18(13-27)25(28)36-26(22)30-29-23)16-11-19(32-3)24(35-14(2)31)20(12-16)33-4/h6-9,11-12,21H,5,10,28H2,1-4H3,(H,29,30)/t21-/m0/s1. The topological polar surface area (TPSA) is 142 Å². The van der Waals surface area contributed by atoms with Crippen molar-refractivity contribution < 1.29 is 28.5 Å². The van der Waals surface area contributed by atoms with Crippen molar-refractivity contribution in [3.05, 3.63) is 59.0 Å². The predicted molar refractivity (Wildman–Crippen MR) is 130 cm³/mol. The van der Waals surface area contributed by atoms with Crippen LogP contribution < -0.4 is 29.4 Å². The van der Waals surface area contributed by atoms with Crippen LogP contribution in [0.1, 0.15) is 37.3 Å². The highest BCUT2D eigenvalue weighted by Gasteiger charge is 2.37. The van der Waals surface area contributed by atoms with Gasteiger partial charge in [0.1, 0.15) is 17.4 Å². The number of carbonyl (C=O) groups excluding carboxylic acids is 1. The molecule has 2 heterocycles. The third-order valence-electron chi connectivity index (χ3n) is 5.62. The Kier molecular flexibility index (Phi) is 7.01. The summed E-state index contributed by atoms with van der Waals surface area (Å²) in [6.45, 7) is 3.95. The molecule has 186 valence electrons. The molecule has 0 aliphatic carbocycles. The molecule has 4 rings (SSSR count). The van der Waals surface area contributed by atoms with Crippen LogP contribution in [0.2, 0.25) is 0 Å². The van der Waals surface area contributed by atoms with E-state index in [1.807, 2.05) is 31.2 Å². The second kappa shape index (κ2) is 10.3. The van der Waals surface area contributed by atoms with Gasteiger partial charge in [0.05, 0.1) is 38.0 Å². The smallest absolute Gasteiger partial charge is 0.308 e. The summed E-state index contributed by atoms with van der Waals surface area (Å²) in [5.74, 6) is 0.388. The second-order valence-corrected chi connectivity index (χ2v) is 7.96. The molecule has 3 aromatic rings. The summed E-state index contributed by atoms with van der Waals surface area (Å²) in [4.78, 5) is 11.7.